The van der Waals surface area contributed by atoms with E-state index in [2.05, 4.69) is 18.8 Å². The number of Topliss-reactive ketones (excluding diaryl/α,β-unsaturated/α-hetero) is 1. The Bertz CT molecular complexity index is 879. The zero-order valence-electron chi connectivity index (χ0n) is 19.3. The molecule has 7 heteroatoms. The molecule has 1 heterocycles. The van der Waals surface area contributed by atoms with Crippen LogP contribution in [0.5, 0.6) is 0 Å². The van der Waals surface area contributed by atoms with Crippen molar-refractivity contribution in [1.29, 1.82) is 0 Å². The summed E-state index contributed by atoms with van der Waals surface area (Å²) < 4.78 is 37.7. The largest absolute Gasteiger partial charge is 0.726 e. The van der Waals surface area contributed by atoms with E-state index in [1.807, 2.05) is 30.6 Å². The highest BCUT2D eigenvalue weighted by molar-refractivity contribution is 7.80. The van der Waals surface area contributed by atoms with Crippen LogP contribution in [0.4, 0.5) is 0 Å². The number of aromatic nitrogens is 1. The van der Waals surface area contributed by atoms with Crippen LogP contribution >= 0.6 is 0 Å². The van der Waals surface area contributed by atoms with Crippen molar-refractivity contribution in [2.75, 3.05) is 0 Å². The number of ketones is 1. The van der Waals surface area contributed by atoms with Crippen LogP contribution < -0.4 is 4.98 Å². The maximum atomic E-state index is 12.7. The number of pyridine rings is 1. The SMILES string of the molecule is C[C@]12CC[C@@H](OS(=O)(=O)[O-])C[C@H]1CC[C@H]1C3CCCC(=O)[C@@]3(C)CC[C@@H]12.c1cc[nH+]cc1. The minimum absolute atomic E-state index is 0.112. The van der Waals surface area contributed by atoms with E-state index in [9.17, 15) is 17.8 Å². The van der Waals surface area contributed by atoms with Gasteiger partial charge in [0.15, 0.2) is 12.4 Å². The minimum Gasteiger partial charge on any atom is -0.726 e. The van der Waals surface area contributed by atoms with E-state index in [1.165, 1.54) is 6.42 Å². The monoisotopic (exact) mass is 463 g/mol. The second kappa shape index (κ2) is 9.15. The Balaban J connectivity index is 0.000000354. The summed E-state index contributed by atoms with van der Waals surface area (Å²) in [5.74, 6) is 2.68. The lowest BCUT2D eigenvalue weighted by atomic mass is 9.43. The lowest BCUT2D eigenvalue weighted by molar-refractivity contribution is -0.377. The fraction of sp³-hybridized carbons (Fsp3) is 0.760. The highest BCUT2D eigenvalue weighted by Crippen LogP contribution is 2.64. The molecular formula is C25H37NO5S. The first-order chi connectivity index (χ1) is 15.1. The Morgan fingerprint density at radius 1 is 1.00 bits per heavy atom. The normalized spacial score (nSPS) is 41.3. The van der Waals surface area contributed by atoms with E-state index in [1.54, 1.807) is 0 Å². The summed E-state index contributed by atoms with van der Waals surface area (Å²) in [4.78, 5) is 15.6. The molecule has 4 aliphatic carbocycles. The smallest absolute Gasteiger partial charge is 0.217 e. The fourth-order valence-corrected chi connectivity index (χ4v) is 8.29. The molecule has 32 heavy (non-hydrogen) atoms. The standard InChI is InChI=1S/C20H32O5S.C5H5N/c1-19-10-8-14(25-26(22,23)24)12-13(19)6-7-15-16-4-3-5-18(21)20(16,2)11-9-17(15)19;1-2-4-6-5-3-1/h13-17H,3-12H2,1-2H3,(H,22,23,24);1-5H/t13-,14-,15+,16?,17+,19+,20+;/m1./s1. The minimum atomic E-state index is -4.62. The van der Waals surface area contributed by atoms with Crippen LogP contribution in [0.3, 0.4) is 0 Å². The molecule has 4 aliphatic rings. The summed E-state index contributed by atoms with van der Waals surface area (Å²) in [5.41, 5.74) is 0.0802. The van der Waals surface area contributed by atoms with Crippen molar-refractivity contribution in [1.82, 2.24) is 0 Å². The van der Waals surface area contributed by atoms with Crippen LogP contribution in [0.25, 0.3) is 0 Å². The third kappa shape index (κ3) is 4.66. The number of hydrogen-bond donors (Lipinski definition) is 0. The van der Waals surface area contributed by atoms with Gasteiger partial charge in [0.1, 0.15) is 5.78 Å². The van der Waals surface area contributed by atoms with Gasteiger partial charge in [-0.15, -0.1) is 0 Å². The molecule has 178 valence electrons. The number of aromatic amines is 1. The van der Waals surface area contributed by atoms with Gasteiger partial charge in [0.05, 0.1) is 6.10 Å². The summed E-state index contributed by atoms with van der Waals surface area (Å²) in [7, 11) is -4.62. The second-order valence-electron chi connectivity index (χ2n) is 10.9. The van der Waals surface area contributed by atoms with Crippen molar-refractivity contribution >= 4 is 16.2 Å². The molecule has 7 atom stereocenters. The molecule has 4 fully saturated rings. The van der Waals surface area contributed by atoms with Crippen LogP contribution in [0.15, 0.2) is 30.6 Å². The lowest BCUT2D eigenvalue weighted by Crippen LogP contribution is -2.56. The van der Waals surface area contributed by atoms with Gasteiger partial charge in [0, 0.05) is 24.0 Å². The molecule has 0 aliphatic heterocycles. The van der Waals surface area contributed by atoms with Crippen molar-refractivity contribution in [3.05, 3.63) is 30.6 Å². The van der Waals surface area contributed by atoms with Crippen molar-refractivity contribution in [2.45, 2.75) is 84.2 Å². The zero-order valence-corrected chi connectivity index (χ0v) is 20.1. The number of nitrogens with one attached hydrogen (secondary N) is 1. The second-order valence-corrected chi connectivity index (χ2v) is 11.9. The average molecular weight is 464 g/mol. The molecular weight excluding hydrogens is 426 g/mol. The molecule has 1 unspecified atom stereocenters. The zero-order chi connectivity index (χ0) is 23.0. The highest BCUT2D eigenvalue weighted by atomic mass is 32.3. The van der Waals surface area contributed by atoms with Gasteiger partial charge < -0.3 is 4.55 Å². The first-order valence-corrected chi connectivity index (χ1v) is 13.6. The number of carbonyl (C=O) groups excluding carboxylic acids is 1. The average Bonchev–Trinajstić information content (AvgIpc) is 2.75. The predicted octanol–water partition coefficient (Wildman–Crippen LogP) is 4.33. The van der Waals surface area contributed by atoms with Crippen molar-refractivity contribution in [2.24, 2.45) is 34.5 Å². The number of carbonyl (C=O) groups is 1. The van der Waals surface area contributed by atoms with E-state index in [-0.39, 0.29) is 10.8 Å². The predicted molar refractivity (Wildman–Crippen MR) is 119 cm³/mol. The van der Waals surface area contributed by atoms with Crippen molar-refractivity contribution in [3.8, 4) is 0 Å². The summed E-state index contributed by atoms with van der Waals surface area (Å²) in [6.45, 7) is 4.59. The van der Waals surface area contributed by atoms with Gasteiger partial charge in [-0.25, -0.2) is 13.4 Å². The number of rotatable bonds is 2. The molecule has 1 aromatic rings. The summed E-state index contributed by atoms with van der Waals surface area (Å²) in [5, 5.41) is 0. The van der Waals surface area contributed by atoms with Crippen LogP contribution in [0, 0.1) is 34.5 Å². The van der Waals surface area contributed by atoms with E-state index in [0.29, 0.717) is 42.3 Å². The van der Waals surface area contributed by atoms with Crippen molar-refractivity contribution < 1.29 is 26.9 Å². The fourth-order valence-electron chi connectivity index (χ4n) is 7.78. The van der Waals surface area contributed by atoms with E-state index >= 15 is 0 Å². The molecule has 4 saturated carbocycles. The molecule has 0 spiro atoms. The van der Waals surface area contributed by atoms with E-state index in [4.69, 9.17) is 4.18 Å². The Morgan fingerprint density at radius 2 is 1.75 bits per heavy atom. The molecule has 1 N–H and O–H groups in total. The molecule has 5 rings (SSSR count). The Hall–Kier alpha value is -1.31. The third-order valence-corrected chi connectivity index (χ3v) is 9.93. The molecule has 0 saturated heterocycles. The quantitative estimate of drug-likeness (QED) is 0.480. The van der Waals surface area contributed by atoms with Gasteiger partial charge in [-0.05, 0) is 86.9 Å². The van der Waals surface area contributed by atoms with Crippen LogP contribution in [-0.4, -0.2) is 24.9 Å². The van der Waals surface area contributed by atoms with Gasteiger partial charge in [-0.2, -0.15) is 0 Å². The third-order valence-electron chi connectivity index (χ3n) is 9.42. The highest BCUT2D eigenvalue weighted by Gasteiger charge is 2.59. The van der Waals surface area contributed by atoms with Gasteiger partial charge in [-0.3, -0.25) is 8.98 Å². The maximum Gasteiger partial charge on any atom is 0.217 e. The Labute approximate surface area is 192 Å². The summed E-state index contributed by atoms with van der Waals surface area (Å²) in [6, 6.07) is 5.86. The Kier molecular flexibility index (Phi) is 6.81. The first kappa shape index (κ1) is 23.8. The van der Waals surface area contributed by atoms with Crippen LogP contribution in [0.2, 0.25) is 0 Å². The summed E-state index contributed by atoms with van der Waals surface area (Å²) in [6.07, 6.45) is 12.9. The van der Waals surface area contributed by atoms with Gasteiger partial charge >= 0.3 is 0 Å². The van der Waals surface area contributed by atoms with Crippen molar-refractivity contribution in [3.63, 3.8) is 0 Å². The molecule has 0 amide bonds. The lowest BCUT2D eigenvalue weighted by Gasteiger charge is -2.62. The molecule has 0 radical (unpaired) electrons. The Morgan fingerprint density at radius 3 is 2.38 bits per heavy atom. The number of fused-ring (bicyclic) bond motifs is 5. The number of hydrogen-bond acceptors (Lipinski definition) is 5. The van der Waals surface area contributed by atoms with Crippen LogP contribution in [-0.2, 0) is 19.4 Å². The molecule has 0 bridgehead atoms. The van der Waals surface area contributed by atoms with Gasteiger partial charge in [0.25, 0.3) is 0 Å². The molecule has 6 nitrogen and oxygen atoms in total. The maximum absolute atomic E-state index is 12.7. The molecule has 0 aromatic carbocycles. The van der Waals surface area contributed by atoms with E-state index < -0.39 is 16.5 Å². The molecule has 1 aromatic heterocycles. The van der Waals surface area contributed by atoms with Gasteiger partial charge in [0.2, 0.25) is 10.4 Å². The van der Waals surface area contributed by atoms with Gasteiger partial charge in [-0.1, -0.05) is 19.9 Å². The van der Waals surface area contributed by atoms with Crippen LogP contribution in [0.1, 0.15) is 78.1 Å². The first-order valence-electron chi connectivity index (χ1n) is 12.2. The number of H-pyrrole nitrogens is 1. The van der Waals surface area contributed by atoms with E-state index in [0.717, 1.165) is 44.9 Å². The summed E-state index contributed by atoms with van der Waals surface area (Å²) >= 11 is 0. The topological polar surface area (TPSA) is 97.6 Å².